The van der Waals surface area contributed by atoms with Crippen molar-refractivity contribution in [3.05, 3.63) is 53.6 Å². The third-order valence-electron chi connectivity index (χ3n) is 1.96. The lowest BCUT2D eigenvalue weighted by atomic mass is 10.0. The van der Waals surface area contributed by atoms with E-state index in [0.717, 1.165) is 5.56 Å². The van der Waals surface area contributed by atoms with Crippen LogP contribution in [0.3, 0.4) is 0 Å². The van der Waals surface area contributed by atoms with Gasteiger partial charge in [-0.1, -0.05) is 36.4 Å². The summed E-state index contributed by atoms with van der Waals surface area (Å²) in [5, 5.41) is 0. The molecule has 0 fully saturated rings. The number of hydrogen-bond acceptors (Lipinski definition) is 2. The molecule has 2 heteroatoms. The molecule has 0 aromatic heterocycles. The molecular weight excluding hydrogens is 188 g/mol. The number of benzene rings is 1. The zero-order valence-corrected chi connectivity index (χ0v) is 8.57. The Bertz CT molecular complexity index is 409. The molecule has 1 aromatic rings. The molecule has 0 bridgehead atoms. The van der Waals surface area contributed by atoms with Crippen molar-refractivity contribution in [3.63, 3.8) is 0 Å². The van der Waals surface area contributed by atoms with E-state index in [0.29, 0.717) is 6.42 Å². The van der Waals surface area contributed by atoms with Crippen LogP contribution in [-0.4, -0.2) is 11.7 Å². The van der Waals surface area contributed by atoms with Gasteiger partial charge < -0.3 is 0 Å². The Morgan fingerprint density at radius 3 is 2.53 bits per heavy atom. The van der Waals surface area contributed by atoms with Crippen LogP contribution in [-0.2, 0) is 16.0 Å². The topological polar surface area (TPSA) is 34.1 Å². The van der Waals surface area contributed by atoms with Gasteiger partial charge in [0, 0.05) is 6.42 Å². The molecule has 0 aliphatic carbocycles. The van der Waals surface area contributed by atoms with Crippen LogP contribution < -0.4 is 0 Å². The van der Waals surface area contributed by atoms with Crippen molar-refractivity contribution >= 4 is 11.7 Å². The van der Waals surface area contributed by atoms with E-state index in [4.69, 9.17) is 0 Å². The first-order valence-corrected chi connectivity index (χ1v) is 4.73. The molecule has 0 spiro atoms. The van der Waals surface area contributed by atoms with Crippen LogP contribution in [0, 0.1) is 0 Å². The van der Waals surface area contributed by atoms with Crippen LogP contribution in [0.5, 0.6) is 0 Å². The quantitative estimate of drug-likeness (QED) is 0.551. The Labute approximate surface area is 88.9 Å². The molecular formula is C13H12O2. The summed E-state index contributed by atoms with van der Waals surface area (Å²) < 4.78 is 0. The van der Waals surface area contributed by atoms with E-state index in [-0.39, 0.29) is 11.4 Å². The molecule has 0 atom stereocenters. The van der Waals surface area contributed by atoms with Crippen molar-refractivity contribution in [1.29, 1.82) is 0 Å². The van der Waals surface area contributed by atoms with Crippen molar-refractivity contribution in [1.82, 2.24) is 0 Å². The van der Waals surface area contributed by atoms with E-state index in [1.807, 2.05) is 30.3 Å². The molecule has 0 heterocycles. The fourth-order valence-electron chi connectivity index (χ4n) is 1.23. The number of ketones is 1. The molecule has 0 amide bonds. The highest BCUT2D eigenvalue weighted by Gasteiger charge is 2.07. The van der Waals surface area contributed by atoms with Crippen LogP contribution >= 0.6 is 0 Å². The third-order valence-corrected chi connectivity index (χ3v) is 1.96. The summed E-state index contributed by atoms with van der Waals surface area (Å²) in [6, 6.07) is 9.39. The second-order valence-corrected chi connectivity index (χ2v) is 3.11. The molecule has 1 rings (SSSR count). The second kappa shape index (κ2) is 5.74. The molecule has 0 aliphatic heterocycles. The highest BCUT2D eigenvalue weighted by molar-refractivity contribution is 6.09. The van der Waals surface area contributed by atoms with E-state index < -0.39 is 0 Å². The average Bonchev–Trinajstić information content (AvgIpc) is 2.27. The van der Waals surface area contributed by atoms with E-state index in [9.17, 15) is 9.59 Å². The maximum Gasteiger partial charge on any atom is 0.192 e. The Morgan fingerprint density at radius 1 is 1.33 bits per heavy atom. The van der Waals surface area contributed by atoms with Crippen LogP contribution in [0.1, 0.15) is 12.5 Å². The van der Waals surface area contributed by atoms with E-state index in [1.165, 1.54) is 6.08 Å². The van der Waals surface area contributed by atoms with Crippen LogP contribution in [0.25, 0.3) is 0 Å². The lowest BCUT2D eigenvalue weighted by molar-refractivity contribution is -0.111. The highest BCUT2D eigenvalue weighted by Crippen LogP contribution is 2.06. The third kappa shape index (κ3) is 3.37. The molecule has 1 aromatic carbocycles. The van der Waals surface area contributed by atoms with Crippen LogP contribution in [0.2, 0.25) is 0 Å². The van der Waals surface area contributed by atoms with Gasteiger partial charge in [0.05, 0.1) is 5.57 Å². The first kappa shape index (κ1) is 11.2. The summed E-state index contributed by atoms with van der Waals surface area (Å²) in [5.41, 5.74) is 1.10. The minimum atomic E-state index is -0.267. The number of rotatable bonds is 4. The van der Waals surface area contributed by atoms with Crippen molar-refractivity contribution in [2.24, 2.45) is 0 Å². The highest BCUT2D eigenvalue weighted by atomic mass is 16.1. The van der Waals surface area contributed by atoms with Crippen molar-refractivity contribution < 1.29 is 9.59 Å². The summed E-state index contributed by atoms with van der Waals surface area (Å²) in [6.07, 6.45) is 3.33. The zero-order valence-electron chi connectivity index (χ0n) is 8.57. The minimum Gasteiger partial charge on any atom is -0.289 e. The van der Waals surface area contributed by atoms with E-state index >= 15 is 0 Å². The SMILES string of the molecule is CC=CC(=O)C(=C=O)Cc1ccccc1. The molecule has 0 saturated heterocycles. The van der Waals surface area contributed by atoms with Crippen molar-refractivity contribution in [2.75, 3.05) is 0 Å². The predicted molar refractivity (Wildman–Crippen MR) is 59.2 cm³/mol. The first-order chi connectivity index (χ1) is 7.27. The fourth-order valence-corrected chi connectivity index (χ4v) is 1.23. The number of carbonyl (C=O) groups is 1. The van der Waals surface area contributed by atoms with Gasteiger partial charge in [-0.2, -0.15) is 0 Å². The van der Waals surface area contributed by atoms with Crippen LogP contribution in [0.15, 0.2) is 48.1 Å². The Kier molecular flexibility index (Phi) is 4.27. The van der Waals surface area contributed by atoms with Gasteiger partial charge in [-0.25, -0.2) is 4.79 Å². The standard InChI is InChI=1S/C13H12O2/c1-2-6-13(15)12(10-14)9-11-7-4-3-5-8-11/h2-8H,9H2,1H3. The van der Waals surface area contributed by atoms with Gasteiger partial charge in [-0.15, -0.1) is 0 Å². The molecule has 0 unspecified atom stereocenters. The molecule has 0 aliphatic rings. The number of hydrogen-bond donors (Lipinski definition) is 0. The summed E-state index contributed by atoms with van der Waals surface area (Å²) in [5.74, 6) is 1.43. The largest absolute Gasteiger partial charge is 0.289 e. The van der Waals surface area contributed by atoms with E-state index in [1.54, 1.807) is 18.9 Å². The lowest BCUT2D eigenvalue weighted by Crippen LogP contribution is -2.02. The van der Waals surface area contributed by atoms with Gasteiger partial charge in [0.15, 0.2) is 5.78 Å². The van der Waals surface area contributed by atoms with Gasteiger partial charge >= 0.3 is 0 Å². The molecule has 15 heavy (non-hydrogen) atoms. The summed E-state index contributed by atoms with van der Waals surface area (Å²) >= 11 is 0. The molecule has 2 nitrogen and oxygen atoms in total. The summed E-state index contributed by atoms with van der Waals surface area (Å²) in [6.45, 7) is 1.74. The molecule has 0 saturated carbocycles. The Morgan fingerprint density at radius 2 is 2.00 bits per heavy atom. The van der Waals surface area contributed by atoms with Gasteiger partial charge in [-0.05, 0) is 18.6 Å². The summed E-state index contributed by atoms with van der Waals surface area (Å²) in [7, 11) is 0. The molecule has 76 valence electrons. The minimum absolute atomic E-state index is 0.166. The lowest BCUT2D eigenvalue weighted by Gasteiger charge is -1.99. The van der Waals surface area contributed by atoms with Gasteiger partial charge in [-0.3, -0.25) is 4.79 Å². The molecule has 0 N–H and O–H groups in total. The Balaban J connectivity index is 2.81. The average molecular weight is 200 g/mol. The zero-order chi connectivity index (χ0) is 11.1. The summed E-state index contributed by atoms with van der Waals surface area (Å²) in [4.78, 5) is 22.0. The monoisotopic (exact) mass is 200 g/mol. The normalized spacial score (nSPS) is 9.93. The Hall–Kier alpha value is -1.92. The number of allylic oxidation sites excluding steroid dienone is 3. The van der Waals surface area contributed by atoms with Crippen LogP contribution in [0.4, 0.5) is 0 Å². The molecule has 0 radical (unpaired) electrons. The van der Waals surface area contributed by atoms with Gasteiger partial charge in [0.1, 0.15) is 5.94 Å². The van der Waals surface area contributed by atoms with Crippen molar-refractivity contribution in [2.45, 2.75) is 13.3 Å². The maximum atomic E-state index is 11.4. The van der Waals surface area contributed by atoms with E-state index in [2.05, 4.69) is 0 Å². The van der Waals surface area contributed by atoms with Gasteiger partial charge in [0.25, 0.3) is 0 Å². The smallest absolute Gasteiger partial charge is 0.192 e. The second-order valence-electron chi connectivity index (χ2n) is 3.11. The fraction of sp³-hybridized carbons (Fsp3) is 0.154. The maximum absolute atomic E-state index is 11.4. The van der Waals surface area contributed by atoms with Gasteiger partial charge in [0.2, 0.25) is 0 Å². The number of carbonyl (C=O) groups excluding carboxylic acids is 2. The predicted octanol–water partition coefficient (Wildman–Crippen LogP) is 2.13. The van der Waals surface area contributed by atoms with Crippen molar-refractivity contribution in [3.8, 4) is 0 Å². The first-order valence-electron chi connectivity index (χ1n) is 4.73.